The van der Waals surface area contributed by atoms with Crippen molar-refractivity contribution in [1.29, 1.82) is 0 Å². The standard InChI is InChI=1S/C10H11NO/c1-2-9(8-12)6-10-4-3-5-11-7-10/h3-8H,2H2,1H3/b9-6-. The highest BCUT2D eigenvalue weighted by Crippen LogP contribution is 2.05. The summed E-state index contributed by atoms with van der Waals surface area (Å²) >= 11 is 0. The lowest BCUT2D eigenvalue weighted by molar-refractivity contribution is -0.104. The van der Waals surface area contributed by atoms with Crippen LogP contribution in [0.2, 0.25) is 0 Å². The van der Waals surface area contributed by atoms with Crippen molar-refractivity contribution in [1.82, 2.24) is 4.98 Å². The molecule has 0 atom stereocenters. The normalized spacial score (nSPS) is 11.2. The molecule has 0 fully saturated rings. The summed E-state index contributed by atoms with van der Waals surface area (Å²) in [6.45, 7) is 1.95. The van der Waals surface area contributed by atoms with Gasteiger partial charge in [-0.25, -0.2) is 0 Å². The van der Waals surface area contributed by atoms with Crippen LogP contribution in [0.25, 0.3) is 6.08 Å². The molecule has 0 unspecified atom stereocenters. The molecule has 0 aliphatic rings. The molecule has 0 saturated carbocycles. The highest BCUT2D eigenvalue weighted by molar-refractivity contribution is 5.81. The van der Waals surface area contributed by atoms with Gasteiger partial charge in [-0.05, 0) is 29.7 Å². The van der Waals surface area contributed by atoms with Gasteiger partial charge >= 0.3 is 0 Å². The molecule has 0 aromatic carbocycles. The van der Waals surface area contributed by atoms with Gasteiger partial charge in [0.2, 0.25) is 0 Å². The van der Waals surface area contributed by atoms with Gasteiger partial charge in [0.05, 0.1) is 0 Å². The second kappa shape index (κ2) is 4.44. The van der Waals surface area contributed by atoms with E-state index in [1.54, 1.807) is 12.4 Å². The summed E-state index contributed by atoms with van der Waals surface area (Å²) in [6, 6.07) is 3.77. The van der Waals surface area contributed by atoms with Crippen LogP contribution < -0.4 is 0 Å². The molecule has 0 aliphatic carbocycles. The molecule has 1 aromatic rings. The Hall–Kier alpha value is -1.44. The van der Waals surface area contributed by atoms with Crippen LogP contribution in [0.15, 0.2) is 30.1 Å². The molecule has 0 radical (unpaired) electrons. The van der Waals surface area contributed by atoms with Crippen molar-refractivity contribution in [2.45, 2.75) is 13.3 Å². The predicted octanol–water partition coefficient (Wildman–Crippen LogP) is 2.07. The van der Waals surface area contributed by atoms with Gasteiger partial charge in [-0.2, -0.15) is 0 Å². The fourth-order valence-electron chi connectivity index (χ4n) is 0.895. The highest BCUT2D eigenvalue weighted by Gasteiger charge is 1.91. The zero-order valence-corrected chi connectivity index (χ0v) is 7.03. The molecule has 12 heavy (non-hydrogen) atoms. The van der Waals surface area contributed by atoms with Gasteiger partial charge < -0.3 is 0 Å². The van der Waals surface area contributed by atoms with Crippen LogP contribution in [0.4, 0.5) is 0 Å². The van der Waals surface area contributed by atoms with Gasteiger partial charge in [0, 0.05) is 12.4 Å². The van der Waals surface area contributed by atoms with Crippen LogP contribution in [-0.4, -0.2) is 11.3 Å². The van der Waals surface area contributed by atoms with Crippen molar-refractivity contribution in [3.8, 4) is 0 Å². The number of nitrogens with zero attached hydrogens (tertiary/aromatic N) is 1. The molecule has 62 valence electrons. The first-order valence-electron chi connectivity index (χ1n) is 3.92. The van der Waals surface area contributed by atoms with Crippen LogP contribution in [0.1, 0.15) is 18.9 Å². The van der Waals surface area contributed by atoms with E-state index in [1.807, 2.05) is 25.1 Å². The minimum absolute atomic E-state index is 0.762. The van der Waals surface area contributed by atoms with E-state index in [1.165, 1.54) is 0 Å². The summed E-state index contributed by atoms with van der Waals surface area (Å²) in [7, 11) is 0. The lowest BCUT2D eigenvalue weighted by atomic mass is 10.1. The summed E-state index contributed by atoms with van der Waals surface area (Å²) in [5.74, 6) is 0. The molecule has 0 spiro atoms. The Morgan fingerprint density at radius 2 is 2.50 bits per heavy atom. The van der Waals surface area contributed by atoms with Crippen molar-refractivity contribution in [3.63, 3.8) is 0 Å². The first-order chi connectivity index (χ1) is 5.86. The third kappa shape index (κ3) is 2.31. The molecule has 0 saturated heterocycles. The SMILES string of the molecule is CC/C(C=O)=C/c1cccnc1. The summed E-state index contributed by atoms with van der Waals surface area (Å²) in [4.78, 5) is 14.4. The molecule has 2 heteroatoms. The van der Waals surface area contributed by atoms with Crippen LogP contribution in [0.3, 0.4) is 0 Å². The number of allylic oxidation sites excluding steroid dienone is 1. The fraction of sp³-hybridized carbons (Fsp3) is 0.200. The molecule has 0 bridgehead atoms. The van der Waals surface area contributed by atoms with Crippen LogP contribution in [0, 0.1) is 0 Å². The van der Waals surface area contributed by atoms with Crippen molar-refractivity contribution >= 4 is 12.4 Å². The number of hydrogen-bond donors (Lipinski definition) is 0. The summed E-state index contributed by atoms with van der Waals surface area (Å²) in [5, 5.41) is 0. The van der Waals surface area contributed by atoms with Crippen molar-refractivity contribution < 1.29 is 4.79 Å². The number of rotatable bonds is 3. The van der Waals surface area contributed by atoms with Gasteiger partial charge in [-0.1, -0.05) is 13.0 Å². The van der Waals surface area contributed by atoms with Crippen LogP contribution in [0.5, 0.6) is 0 Å². The lowest BCUT2D eigenvalue weighted by Gasteiger charge is -1.93. The molecule has 0 N–H and O–H groups in total. The third-order valence-corrected chi connectivity index (χ3v) is 1.60. The van der Waals surface area contributed by atoms with E-state index in [0.29, 0.717) is 0 Å². The van der Waals surface area contributed by atoms with Gasteiger partial charge in [0.1, 0.15) is 6.29 Å². The minimum Gasteiger partial charge on any atom is -0.298 e. The number of hydrogen-bond acceptors (Lipinski definition) is 2. The number of carbonyl (C=O) groups is 1. The van der Waals surface area contributed by atoms with Gasteiger partial charge in [0.15, 0.2) is 0 Å². The second-order valence-electron chi connectivity index (χ2n) is 2.48. The Balaban J connectivity index is 2.86. The first-order valence-corrected chi connectivity index (χ1v) is 3.92. The quantitative estimate of drug-likeness (QED) is 0.501. The zero-order valence-electron chi connectivity index (χ0n) is 7.03. The lowest BCUT2D eigenvalue weighted by Crippen LogP contribution is -1.82. The van der Waals surface area contributed by atoms with Crippen LogP contribution >= 0.6 is 0 Å². The van der Waals surface area contributed by atoms with E-state index in [0.717, 1.165) is 23.8 Å². The van der Waals surface area contributed by atoms with Crippen molar-refractivity contribution in [2.75, 3.05) is 0 Å². The van der Waals surface area contributed by atoms with Gasteiger partial charge in [-0.15, -0.1) is 0 Å². The van der Waals surface area contributed by atoms with E-state index in [9.17, 15) is 4.79 Å². The molecule has 2 nitrogen and oxygen atoms in total. The Kier molecular flexibility index (Phi) is 3.20. The maximum Gasteiger partial charge on any atom is 0.146 e. The van der Waals surface area contributed by atoms with E-state index >= 15 is 0 Å². The molecule has 1 rings (SSSR count). The van der Waals surface area contributed by atoms with Gasteiger partial charge in [0.25, 0.3) is 0 Å². The third-order valence-electron chi connectivity index (χ3n) is 1.60. The number of pyridine rings is 1. The highest BCUT2D eigenvalue weighted by atomic mass is 16.1. The molecular formula is C10H11NO. The number of aldehydes is 1. The Morgan fingerprint density at radius 3 is 3.00 bits per heavy atom. The molecule has 0 aliphatic heterocycles. The molecule has 0 amide bonds. The second-order valence-corrected chi connectivity index (χ2v) is 2.48. The summed E-state index contributed by atoms with van der Waals surface area (Å²) in [5.41, 5.74) is 1.77. The largest absolute Gasteiger partial charge is 0.298 e. The Bertz CT molecular complexity index is 277. The zero-order chi connectivity index (χ0) is 8.81. The maximum absolute atomic E-state index is 10.5. The average molecular weight is 161 g/mol. The minimum atomic E-state index is 0.762. The first kappa shape index (κ1) is 8.65. The number of carbonyl (C=O) groups excluding carboxylic acids is 1. The van der Waals surface area contributed by atoms with E-state index in [2.05, 4.69) is 4.98 Å². The molecular weight excluding hydrogens is 150 g/mol. The Labute approximate surface area is 71.9 Å². The van der Waals surface area contributed by atoms with Crippen molar-refractivity contribution in [3.05, 3.63) is 35.7 Å². The predicted molar refractivity (Wildman–Crippen MR) is 48.6 cm³/mol. The summed E-state index contributed by atoms with van der Waals surface area (Å²) < 4.78 is 0. The molecule has 1 aromatic heterocycles. The smallest absolute Gasteiger partial charge is 0.146 e. The van der Waals surface area contributed by atoms with E-state index in [-0.39, 0.29) is 0 Å². The number of aromatic nitrogens is 1. The topological polar surface area (TPSA) is 30.0 Å². The van der Waals surface area contributed by atoms with Crippen molar-refractivity contribution in [2.24, 2.45) is 0 Å². The maximum atomic E-state index is 10.5. The average Bonchev–Trinajstić information content (AvgIpc) is 2.16. The Morgan fingerprint density at radius 1 is 1.67 bits per heavy atom. The monoisotopic (exact) mass is 161 g/mol. The van der Waals surface area contributed by atoms with E-state index < -0.39 is 0 Å². The van der Waals surface area contributed by atoms with Gasteiger partial charge in [-0.3, -0.25) is 9.78 Å². The molecule has 1 heterocycles. The fourth-order valence-corrected chi connectivity index (χ4v) is 0.895. The van der Waals surface area contributed by atoms with E-state index in [4.69, 9.17) is 0 Å². The summed E-state index contributed by atoms with van der Waals surface area (Å²) in [6.07, 6.45) is 6.94. The van der Waals surface area contributed by atoms with Crippen LogP contribution in [-0.2, 0) is 4.79 Å².